The Balaban J connectivity index is 3.29. The van der Waals surface area contributed by atoms with Crippen LogP contribution in [0.1, 0.15) is 19.4 Å². The van der Waals surface area contributed by atoms with E-state index in [0.717, 1.165) is 5.56 Å². The molecular weight excluding hydrogens is 200 g/mol. The van der Waals surface area contributed by atoms with Gasteiger partial charge in [0.2, 0.25) is 10.0 Å². The van der Waals surface area contributed by atoms with Crippen molar-refractivity contribution in [1.29, 1.82) is 0 Å². The van der Waals surface area contributed by atoms with E-state index in [4.69, 9.17) is 10.9 Å². The Labute approximate surface area is 84.0 Å². The van der Waals surface area contributed by atoms with Gasteiger partial charge in [-0.25, -0.2) is 13.6 Å². The summed E-state index contributed by atoms with van der Waals surface area (Å²) in [6.07, 6.45) is 0. The van der Waals surface area contributed by atoms with E-state index < -0.39 is 15.6 Å². The topological polar surface area (TPSA) is 86.2 Å². The fraction of sp³-hybridized carbons (Fsp3) is 0.333. The Morgan fingerprint density at radius 3 is 2.29 bits per heavy atom. The van der Waals surface area contributed by atoms with Crippen molar-refractivity contribution >= 4 is 10.0 Å². The fourth-order valence-electron chi connectivity index (χ4n) is 1.07. The molecule has 78 valence electrons. The second-order valence-electron chi connectivity index (χ2n) is 3.79. The van der Waals surface area contributed by atoms with Gasteiger partial charge in [0.1, 0.15) is 0 Å². The quantitative estimate of drug-likeness (QED) is 0.752. The van der Waals surface area contributed by atoms with E-state index >= 15 is 0 Å². The van der Waals surface area contributed by atoms with Crippen molar-refractivity contribution in [2.45, 2.75) is 24.3 Å². The summed E-state index contributed by atoms with van der Waals surface area (Å²) >= 11 is 0. The van der Waals surface area contributed by atoms with Crippen LogP contribution < -0.4 is 10.9 Å². The average molecular weight is 214 g/mol. The average Bonchev–Trinajstić information content (AvgIpc) is 2.01. The van der Waals surface area contributed by atoms with Crippen LogP contribution >= 0.6 is 0 Å². The second-order valence-corrected chi connectivity index (χ2v) is 5.36. The van der Waals surface area contributed by atoms with Crippen LogP contribution in [0.5, 0.6) is 0 Å². The Hall–Kier alpha value is -0.910. The Kier molecular flexibility index (Phi) is 2.67. The first kappa shape index (κ1) is 11.2. The predicted octanol–water partition coefficient (Wildman–Crippen LogP) is 0.528. The smallest absolute Gasteiger partial charge is 0.238 e. The molecule has 14 heavy (non-hydrogen) atoms. The zero-order valence-corrected chi connectivity index (χ0v) is 9.01. The number of nitrogens with two attached hydrogens (primary N) is 2. The van der Waals surface area contributed by atoms with E-state index in [-0.39, 0.29) is 4.90 Å². The Morgan fingerprint density at radius 1 is 1.29 bits per heavy atom. The highest BCUT2D eigenvalue weighted by Crippen LogP contribution is 2.19. The highest BCUT2D eigenvalue weighted by atomic mass is 32.2. The van der Waals surface area contributed by atoms with Crippen molar-refractivity contribution in [3.05, 3.63) is 29.8 Å². The summed E-state index contributed by atoms with van der Waals surface area (Å²) in [6, 6.07) is 6.35. The van der Waals surface area contributed by atoms with Gasteiger partial charge in [-0.3, -0.25) is 0 Å². The second kappa shape index (κ2) is 3.34. The van der Waals surface area contributed by atoms with Gasteiger partial charge in [0.05, 0.1) is 4.90 Å². The van der Waals surface area contributed by atoms with Gasteiger partial charge in [-0.05, 0) is 31.5 Å². The first-order chi connectivity index (χ1) is 6.21. The number of sulfonamides is 1. The van der Waals surface area contributed by atoms with Crippen molar-refractivity contribution < 1.29 is 8.42 Å². The maximum atomic E-state index is 11.0. The molecule has 0 saturated heterocycles. The van der Waals surface area contributed by atoms with Gasteiger partial charge < -0.3 is 5.73 Å². The molecule has 1 aromatic carbocycles. The van der Waals surface area contributed by atoms with E-state index in [1.807, 2.05) is 0 Å². The molecule has 0 amide bonds. The normalized spacial score (nSPS) is 12.9. The molecule has 0 saturated carbocycles. The molecule has 0 heterocycles. The molecule has 0 fully saturated rings. The van der Waals surface area contributed by atoms with Crippen molar-refractivity contribution in [2.75, 3.05) is 0 Å². The summed E-state index contributed by atoms with van der Waals surface area (Å²) in [4.78, 5) is 0.0912. The number of benzene rings is 1. The number of hydrogen-bond donors (Lipinski definition) is 2. The molecule has 0 aromatic heterocycles. The number of hydrogen-bond acceptors (Lipinski definition) is 3. The monoisotopic (exact) mass is 214 g/mol. The first-order valence-corrected chi connectivity index (χ1v) is 5.68. The van der Waals surface area contributed by atoms with E-state index in [9.17, 15) is 8.42 Å². The zero-order chi connectivity index (χ0) is 11.0. The van der Waals surface area contributed by atoms with Crippen LogP contribution in [0.4, 0.5) is 0 Å². The lowest BCUT2D eigenvalue weighted by Crippen LogP contribution is -2.29. The van der Waals surface area contributed by atoms with E-state index in [1.54, 1.807) is 26.0 Å². The first-order valence-electron chi connectivity index (χ1n) is 4.13. The van der Waals surface area contributed by atoms with Crippen LogP contribution in [0.3, 0.4) is 0 Å². The van der Waals surface area contributed by atoms with Gasteiger partial charge in [-0.15, -0.1) is 0 Å². The molecule has 0 aliphatic carbocycles. The largest absolute Gasteiger partial charge is 0.322 e. The van der Waals surface area contributed by atoms with Crippen LogP contribution in [0, 0.1) is 0 Å². The van der Waals surface area contributed by atoms with Crippen LogP contribution in [-0.2, 0) is 15.6 Å². The SMILES string of the molecule is CC(C)(N)c1cccc(S(N)(=O)=O)c1. The third-order valence-electron chi connectivity index (χ3n) is 1.91. The van der Waals surface area contributed by atoms with Gasteiger partial charge in [-0.2, -0.15) is 0 Å². The molecule has 1 aromatic rings. The highest BCUT2D eigenvalue weighted by molar-refractivity contribution is 7.89. The molecule has 0 radical (unpaired) electrons. The summed E-state index contributed by atoms with van der Waals surface area (Å²) < 4.78 is 22.1. The third-order valence-corrected chi connectivity index (χ3v) is 2.82. The lowest BCUT2D eigenvalue weighted by molar-refractivity contribution is 0.552. The maximum Gasteiger partial charge on any atom is 0.238 e. The minimum Gasteiger partial charge on any atom is -0.322 e. The summed E-state index contributed by atoms with van der Waals surface area (Å²) in [5.74, 6) is 0. The molecule has 4 N–H and O–H groups in total. The third kappa shape index (κ3) is 2.54. The molecule has 0 bridgehead atoms. The van der Waals surface area contributed by atoms with Crippen molar-refractivity contribution in [3.63, 3.8) is 0 Å². The van der Waals surface area contributed by atoms with Gasteiger partial charge >= 0.3 is 0 Å². The highest BCUT2D eigenvalue weighted by Gasteiger charge is 2.16. The minimum atomic E-state index is -3.64. The van der Waals surface area contributed by atoms with Gasteiger partial charge in [-0.1, -0.05) is 12.1 Å². The molecule has 0 aliphatic rings. The maximum absolute atomic E-state index is 11.0. The molecular formula is C9H14N2O2S. The number of primary sulfonamides is 1. The summed E-state index contributed by atoms with van der Waals surface area (Å²) in [5.41, 5.74) is 6.00. The van der Waals surface area contributed by atoms with Gasteiger partial charge in [0, 0.05) is 5.54 Å². The Morgan fingerprint density at radius 2 is 1.86 bits per heavy atom. The van der Waals surface area contributed by atoms with Crippen LogP contribution in [-0.4, -0.2) is 8.42 Å². The van der Waals surface area contributed by atoms with Crippen molar-refractivity contribution in [3.8, 4) is 0 Å². The van der Waals surface area contributed by atoms with Gasteiger partial charge in [0.15, 0.2) is 0 Å². The Bertz CT molecular complexity index is 432. The molecule has 0 aliphatic heterocycles. The number of rotatable bonds is 2. The summed E-state index contributed by atoms with van der Waals surface area (Å²) in [5, 5.41) is 5.00. The zero-order valence-electron chi connectivity index (χ0n) is 8.19. The molecule has 4 nitrogen and oxygen atoms in total. The lowest BCUT2D eigenvalue weighted by atomic mass is 9.96. The van der Waals surface area contributed by atoms with Crippen LogP contribution in [0.15, 0.2) is 29.2 Å². The molecule has 1 rings (SSSR count). The minimum absolute atomic E-state index is 0.0912. The molecule has 0 unspecified atom stereocenters. The molecule has 0 spiro atoms. The molecule has 5 heteroatoms. The fourth-order valence-corrected chi connectivity index (χ4v) is 1.63. The lowest BCUT2D eigenvalue weighted by Gasteiger charge is -2.19. The van der Waals surface area contributed by atoms with E-state index in [0.29, 0.717) is 0 Å². The van der Waals surface area contributed by atoms with E-state index in [2.05, 4.69) is 0 Å². The standard InChI is InChI=1S/C9H14N2O2S/c1-9(2,10)7-4-3-5-8(6-7)14(11,12)13/h3-6H,10H2,1-2H3,(H2,11,12,13). The van der Waals surface area contributed by atoms with Crippen molar-refractivity contribution in [1.82, 2.24) is 0 Å². The summed E-state index contributed by atoms with van der Waals surface area (Å²) in [7, 11) is -3.64. The molecule has 0 atom stereocenters. The van der Waals surface area contributed by atoms with Gasteiger partial charge in [0.25, 0.3) is 0 Å². The van der Waals surface area contributed by atoms with E-state index in [1.165, 1.54) is 12.1 Å². The summed E-state index contributed by atoms with van der Waals surface area (Å²) in [6.45, 7) is 3.60. The van der Waals surface area contributed by atoms with Crippen molar-refractivity contribution in [2.24, 2.45) is 10.9 Å². The van der Waals surface area contributed by atoms with Crippen LogP contribution in [0.25, 0.3) is 0 Å². The van der Waals surface area contributed by atoms with Crippen LogP contribution in [0.2, 0.25) is 0 Å². The predicted molar refractivity (Wildman–Crippen MR) is 55.0 cm³/mol.